The number of fused-ring (bicyclic) bond motifs is 1. The van der Waals surface area contributed by atoms with E-state index >= 15 is 0 Å². The third kappa shape index (κ3) is 3.19. The predicted molar refractivity (Wildman–Crippen MR) is 84.7 cm³/mol. The molecule has 1 aliphatic rings. The highest BCUT2D eigenvalue weighted by Crippen LogP contribution is 2.25. The zero-order valence-corrected chi connectivity index (χ0v) is 13.0. The van der Waals surface area contributed by atoms with Gasteiger partial charge in [-0.05, 0) is 36.5 Å². The van der Waals surface area contributed by atoms with Crippen LogP contribution in [0.5, 0.6) is 0 Å². The third-order valence-corrected chi connectivity index (χ3v) is 4.49. The van der Waals surface area contributed by atoms with E-state index in [0.29, 0.717) is 5.92 Å². The van der Waals surface area contributed by atoms with Crippen LogP contribution in [0.1, 0.15) is 18.4 Å². The Hall–Kier alpha value is -0.970. The molecule has 20 heavy (non-hydrogen) atoms. The second-order valence-electron chi connectivity index (χ2n) is 5.32. The lowest BCUT2D eigenvalue weighted by Crippen LogP contribution is -2.28. The zero-order valence-electron chi connectivity index (χ0n) is 11.4. The maximum Gasteiger partial charge on any atom is 0.0758 e. The van der Waals surface area contributed by atoms with Gasteiger partial charge in [-0.25, -0.2) is 0 Å². The monoisotopic (exact) mass is 334 g/mol. The molecular formula is C16H19BrN2O. The highest BCUT2D eigenvalue weighted by molar-refractivity contribution is 9.10. The van der Waals surface area contributed by atoms with Gasteiger partial charge in [0.1, 0.15) is 0 Å². The van der Waals surface area contributed by atoms with Crippen molar-refractivity contribution in [3.8, 4) is 0 Å². The Bertz CT molecular complexity index is 582. The quantitative estimate of drug-likeness (QED) is 0.928. The van der Waals surface area contributed by atoms with Crippen LogP contribution in [0.15, 0.2) is 34.9 Å². The molecule has 0 aliphatic carbocycles. The summed E-state index contributed by atoms with van der Waals surface area (Å²) < 4.78 is 6.61. The average molecular weight is 335 g/mol. The van der Waals surface area contributed by atoms with Gasteiger partial charge in [0.15, 0.2) is 0 Å². The van der Waals surface area contributed by atoms with Gasteiger partial charge < -0.3 is 10.1 Å². The Labute approximate surface area is 127 Å². The van der Waals surface area contributed by atoms with E-state index in [2.05, 4.69) is 44.4 Å². The summed E-state index contributed by atoms with van der Waals surface area (Å²) in [5.74, 6) is 0.651. The Balaban J connectivity index is 1.67. The summed E-state index contributed by atoms with van der Waals surface area (Å²) in [7, 11) is 0. The fraction of sp³-hybridized carbons (Fsp3) is 0.438. The molecule has 0 saturated carbocycles. The van der Waals surface area contributed by atoms with Gasteiger partial charge in [0, 0.05) is 35.8 Å². The van der Waals surface area contributed by atoms with Gasteiger partial charge in [0.05, 0.1) is 12.1 Å². The molecule has 1 saturated heterocycles. The number of hydrogen-bond donors (Lipinski definition) is 1. The lowest BCUT2D eigenvalue weighted by atomic mass is 10.0. The minimum Gasteiger partial charge on any atom is -0.381 e. The van der Waals surface area contributed by atoms with Crippen LogP contribution in [0.25, 0.3) is 10.9 Å². The van der Waals surface area contributed by atoms with Crippen molar-refractivity contribution in [1.82, 2.24) is 10.3 Å². The number of ether oxygens (including phenoxy) is 1. The summed E-state index contributed by atoms with van der Waals surface area (Å²) in [6, 6.07) is 8.32. The summed E-state index contributed by atoms with van der Waals surface area (Å²) in [5, 5.41) is 4.72. The van der Waals surface area contributed by atoms with Crippen LogP contribution in [-0.4, -0.2) is 24.7 Å². The van der Waals surface area contributed by atoms with E-state index in [0.717, 1.165) is 36.3 Å². The third-order valence-electron chi connectivity index (χ3n) is 3.80. The van der Waals surface area contributed by atoms with E-state index in [9.17, 15) is 0 Å². The maximum absolute atomic E-state index is 5.51. The van der Waals surface area contributed by atoms with Crippen molar-refractivity contribution in [2.75, 3.05) is 19.8 Å². The summed E-state index contributed by atoms with van der Waals surface area (Å²) in [5.41, 5.74) is 2.33. The molecule has 0 amide bonds. The van der Waals surface area contributed by atoms with Crippen molar-refractivity contribution < 1.29 is 4.74 Å². The first kappa shape index (κ1) is 14.0. The molecule has 3 nitrogen and oxygen atoms in total. The lowest BCUT2D eigenvalue weighted by molar-refractivity contribution is 0.0547. The first-order valence-corrected chi connectivity index (χ1v) is 7.94. The molecule has 106 valence electrons. The molecule has 1 aliphatic heterocycles. The number of nitrogens with zero attached hydrogens (tertiary/aromatic N) is 1. The fourth-order valence-corrected chi connectivity index (χ4v) is 3.17. The van der Waals surface area contributed by atoms with E-state index in [1.807, 2.05) is 12.3 Å². The zero-order chi connectivity index (χ0) is 13.8. The van der Waals surface area contributed by atoms with E-state index in [-0.39, 0.29) is 0 Å². The van der Waals surface area contributed by atoms with Gasteiger partial charge in [-0.15, -0.1) is 0 Å². The second kappa shape index (κ2) is 6.66. The normalized spacial score (nSPS) is 19.4. The van der Waals surface area contributed by atoms with Crippen molar-refractivity contribution in [3.05, 3.63) is 40.5 Å². The Morgan fingerprint density at radius 3 is 3.15 bits per heavy atom. The molecule has 1 aromatic carbocycles. The number of aromatic nitrogens is 1. The number of rotatable bonds is 4. The largest absolute Gasteiger partial charge is 0.381 e. The molecule has 1 aromatic heterocycles. The maximum atomic E-state index is 5.51. The van der Waals surface area contributed by atoms with Gasteiger partial charge in [-0.2, -0.15) is 0 Å². The van der Waals surface area contributed by atoms with Crippen LogP contribution >= 0.6 is 15.9 Å². The molecule has 1 atom stereocenters. The molecular weight excluding hydrogens is 316 g/mol. The van der Waals surface area contributed by atoms with Crippen LogP contribution in [0, 0.1) is 5.92 Å². The molecule has 0 bridgehead atoms. The Morgan fingerprint density at radius 1 is 1.35 bits per heavy atom. The van der Waals surface area contributed by atoms with E-state index in [4.69, 9.17) is 4.74 Å². The number of benzene rings is 1. The average Bonchev–Trinajstić information content (AvgIpc) is 2.51. The summed E-state index contributed by atoms with van der Waals surface area (Å²) >= 11 is 3.58. The van der Waals surface area contributed by atoms with Crippen LogP contribution in [0.3, 0.4) is 0 Å². The van der Waals surface area contributed by atoms with Crippen molar-refractivity contribution in [3.63, 3.8) is 0 Å². The molecule has 3 rings (SSSR count). The van der Waals surface area contributed by atoms with Crippen LogP contribution in [0.4, 0.5) is 0 Å². The summed E-state index contributed by atoms with van der Waals surface area (Å²) in [6.07, 6.45) is 4.31. The molecule has 1 N–H and O–H groups in total. The van der Waals surface area contributed by atoms with E-state index in [1.165, 1.54) is 23.8 Å². The SMILES string of the molecule is Brc1ccc(CNCC2CCCOC2)c2ncccc12. The van der Waals surface area contributed by atoms with Gasteiger partial charge in [0.2, 0.25) is 0 Å². The van der Waals surface area contributed by atoms with Crippen molar-refractivity contribution >= 4 is 26.8 Å². The molecule has 2 heterocycles. The Kier molecular flexibility index (Phi) is 4.65. The molecule has 0 radical (unpaired) electrons. The molecule has 2 aromatic rings. The van der Waals surface area contributed by atoms with Crippen LogP contribution in [-0.2, 0) is 11.3 Å². The van der Waals surface area contributed by atoms with Gasteiger partial charge in [-0.1, -0.05) is 28.1 Å². The van der Waals surface area contributed by atoms with Crippen LogP contribution < -0.4 is 5.32 Å². The van der Waals surface area contributed by atoms with Crippen LogP contribution in [0.2, 0.25) is 0 Å². The predicted octanol–water partition coefficient (Wildman–Crippen LogP) is 3.51. The Morgan fingerprint density at radius 2 is 2.30 bits per heavy atom. The molecule has 1 unspecified atom stereocenters. The lowest BCUT2D eigenvalue weighted by Gasteiger charge is -2.22. The summed E-state index contributed by atoms with van der Waals surface area (Å²) in [4.78, 5) is 4.51. The van der Waals surface area contributed by atoms with Crippen molar-refractivity contribution in [2.45, 2.75) is 19.4 Å². The molecule has 0 spiro atoms. The molecule has 4 heteroatoms. The number of nitrogens with one attached hydrogen (secondary N) is 1. The number of pyridine rings is 1. The second-order valence-corrected chi connectivity index (χ2v) is 6.17. The minimum atomic E-state index is 0.651. The molecule has 1 fully saturated rings. The number of hydrogen-bond acceptors (Lipinski definition) is 3. The van der Waals surface area contributed by atoms with E-state index in [1.54, 1.807) is 0 Å². The highest BCUT2D eigenvalue weighted by Gasteiger charge is 2.13. The first-order valence-electron chi connectivity index (χ1n) is 7.15. The highest BCUT2D eigenvalue weighted by atomic mass is 79.9. The standard InChI is InChI=1S/C16H19BrN2O/c17-15-6-5-13(16-14(15)4-1-7-19-16)10-18-9-12-3-2-8-20-11-12/h1,4-7,12,18H,2-3,8-11H2. The topological polar surface area (TPSA) is 34.1 Å². The smallest absolute Gasteiger partial charge is 0.0758 e. The fourth-order valence-electron chi connectivity index (χ4n) is 2.72. The van der Waals surface area contributed by atoms with Crippen molar-refractivity contribution in [1.29, 1.82) is 0 Å². The number of halogens is 1. The van der Waals surface area contributed by atoms with E-state index < -0.39 is 0 Å². The first-order chi connectivity index (χ1) is 9.84. The van der Waals surface area contributed by atoms with Crippen molar-refractivity contribution in [2.24, 2.45) is 5.92 Å². The van der Waals surface area contributed by atoms with Gasteiger partial charge in [-0.3, -0.25) is 4.98 Å². The van der Waals surface area contributed by atoms with Gasteiger partial charge in [0.25, 0.3) is 0 Å². The summed E-state index contributed by atoms with van der Waals surface area (Å²) in [6.45, 7) is 3.70. The minimum absolute atomic E-state index is 0.651. The van der Waals surface area contributed by atoms with Gasteiger partial charge >= 0.3 is 0 Å².